The van der Waals surface area contributed by atoms with Crippen LogP contribution in [0.25, 0.3) is 0 Å². The molecule has 0 aromatic carbocycles. The minimum absolute atomic E-state index is 0.166. The maximum atomic E-state index is 11.3. The fourth-order valence-corrected chi connectivity index (χ4v) is 2.25. The molecule has 0 spiro atoms. The highest BCUT2D eigenvalue weighted by Crippen LogP contribution is 2.19. The van der Waals surface area contributed by atoms with E-state index >= 15 is 0 Å². The third-order valence-electron chi connectivity index (χ3n) is 3.39. The predicted octanol–water partition coefficient (Wildman–Crippen LogP) is 1.57. The van der Waals surface area contributed by atoms with Gasteiger partial charge in [0.25, 0.3) is 0 Å². The van der Waals surface area contributed by atoms with Crippen LogP contribution < -0.4 is 10.2 Å². The summed E-state index contributed by atoms with van der Waals surface area (Å²) in [6, 6.07) is 4.11. The lowest BCUT2D eigenvalue weighted by Crippen LogP contribution is -2.48. The molecule has 0 unspecified atom stereocenters. The van der Waals surface area contributed by atoms with Gasteiger partial charge in [0.2, 0.25) is 5.91 Å². The molecule has 0 atom stereocenters. The van der Waals surface area contributed by atoms with Gasteiger partial charge in [-0.05, 0) is 12.5 Å². The Labute approximate surface area is 114 Å². The molecule has 1 aromatic rings. The molecule has 5 heteroatoms. The fourth-order valence-electron chi connectivity index (χ4n) is 2.25. The van der Waals surface area contributed by atoms with E-state index in [0.29, 0.717) is 0 Å². The molecule has 0 aliphatic carbocycles. The molecule has 5 nitrogen and oxygen atoms in total. The molecule has 1 aliphatic heterocycles. The van der Waals surface area contributed by atoms with Crippen molar-refractivity contribution in [1.82, 2.24) is 9.88 Å². The number of anilines is 2. The van der Waals surface area contributed by atoms with Gasteiger partial charge in [0.15, 0.2) is 0 Å². The van der Waals surface area contributed by atoms with E-state index < -0.39 is 0 Å². The van der Waals surface area contributed by atoms with Crippen molar-refractivity contribution in [2.24, 2.45) is 0 Å². The van der Waals surface area contributed by atoms with E-state index in [1.807, 2.05) is 17.2 Å². The number of nitrogens with zero attached hydrogens (tertiary/aromatic N) is 3. The Balaban J connectivity index is 1.97. The second-order valence-electron chi connectivity index (χ2n) is 4.82. The van der Waals surface area contributed by atoms with Gasteiger partial charge in [-0.1, -0.05) is 6.92 Å². The van der Waals surface area contributed by atoms with Crippen molar-refractivity contribution >= 4 is 17.4 Å². The Kier molecular flexibility index (Phi) is 4.60. The van der Waals surface area contributed by atoms with Gasteiger partial charge >= 0.3 is 0 Å². The number of amides is 1. The predicted molar refractivity (Wildman–Crippen MR) is 77.5 cm³/mol. The van der Waals surface area contributed by atoms with Gasteiger partial charge in [-0.15, -0.1) is 0 Å². The maximum absolute atomic E-state index is 11.3. The monoisotopic (exact) mass is 262 g/mol. The number of rotatable bonds is 4. The average Bonchev–Trinajstić information content (AvgIpc) is 2.45. The van der Waals surface area contributed by atoms with Gasteiger partial charge in [0.05, 0.1) is 0 Å². The quantitative estimate of drug-likeness (QED) is 0.895. The van der Waals surface area contributed by atoms with E-state index in [-0.39, 0.29) is 5.91 Å². The van der Waals surface area contributed by atoms with Gasteiger partial charge in [-0.25, -0.2) is 4.98 Å². The number of hydrogen-bond acceptors (Lipinski definition) is 4. The van der Waals surface area contributed by atoms with Gasteiger partial charge in [0, 0.05) is 57.6 Å². The average molecular weight is 262 g/mol. The first-order valence-electron chi connectivity index (χ1n) is 6.91. The molecule has 0 saturated carbocycles. The van der Waals surface area contributed by atoms with Crippen molar-refractivity contribution in [3.05, 3.63) is 18.3 Å². The second kappa shape index (κ2) is 6.41. The highest BCUT2D eigenvalue weighted by atomic mass is 16.2. The molecule has 0 radical (unpaired) electrons. The van der Waals surface area contributed by atoms with Crippen LogP contribution in [-0.4, -0.2) is 48.5 Å². The summed E-state index contributed by atoms with van der Waals surface area (Å²) in [6.07, 6.45) is 2.92. The fraction of sp³-hybridized carbons (Fsp3) is 0.571. The minimum Gasteiger partial charge on any atom is -0.370 e. The number of carbonyl (C=O) groups is 1. The number of aromatic nitrogens is 1. The number of nitrogens with one attached hydrogen (secondary N) is 1. The molecule has 1 amide bonds. The lowest BCUT2D eigenvalue weighted by Gasteiger charge is -2.35. The van der Waals surface area contributed by atoms with E-state index in [1.54, 1.807) is 6.92 Å². The summed E-state index contributed by atoms with van der Waals surface area (Å²) in [7, 11) is 0. The summed E-state index contributed by atoms with van der Waals surface area (Å²) in [6.45, 7) is 8.08. The number of piperazine rings is 1. The molecule has 2 rings (SSSR count). The van der Waals surface area contributed by atoms with E-state index in [4.69, 9.17) is 0 Å². The van der Waals surface area contributed by atoms with Crippen molar-refractivity contribution in [3.63, 3.8) is 0 Å². The number of hydrogen-bond donors (Lipinski definition) is 1. The molecule has 1 saturated heterocycles. The smallest absolute Gasteiger partial charge is 0.219 e. The zero-order valence-corrected chi connectivity index (χ0v) is 11.7. The van der Waals surface area contributed by atoms with Crippen LogP contribution in [0.15, 0.2) is 18.3 Å². The normalized spacial score (nSPS) is 15.5. The van der Waals surface area contributed by atoms with Crippen LogP contribution in [0.4, 0.5) is 11.5 Å². The Bertz CT molecular complexity index is 427. The summed E-state index contributed by atoms with van der Waals surface area (Å²) in [5.41, 5.74) is 1.18. The van der Waals surface area contributed by atoms with Crippen molar-refractivity contribution in [2.75, 3.05) is 42.9 Å². The van der Waals surface area contributed by atoms with Gasteiger partial charge in [-0.2, -0.15) is 0 Å². The summed E-state index contributed by atoms with van der Waals surface area (Å²) in [4.78, 5) is 19.8. The largest absolute Gasteiger partial charge is 0.370 e. The van der Waals surface area contributed by atoms with Gasteiger partial charge < -0.3 is 15.1 Å². The third-order valence-corrected chi connectivity index (χ3v) is 3.39. The molecular formula is C14H22N4O. The van der Waals surface area contributed by atoms with E-state index in [0.717, 1.165) is 45.0 Å². The minimum atomic E-state index is 0.166. The molecule has 19 heavy (non-hydrogen) atoms. The SMILES string of the molecule is CCCNc1cc(N2CCN(C(C)=O)CC2)ccn1. The Hall–Kier alpha value is -1.78. The number of pyridine rings is 1. The van der Waals surface area contributed by atoms with Crippen LogP contribution in [0, 0.1) is 0 Å². The molecule has 1 aromatic heterocycles. The lowest BCUT2D eigenvalue weighted by molar-refractivity contribution is -0.129. The Morgan fingerprint density at radius 2 is 2.11 bits per heavy atom. The van der Waals surface area contributed by atoms with Crippen molar-refractivity contribution < 1.29 is 4.79 Å². The second-order valence-corrected chi connectivity index (χ2v) is 4.82. The standard InChI is InChI=1S/C14H22N4O/c1-3-5-15-14-11-13(4-6-16-14)18-9-7-17(8-10-18)12(2)19/h4,6,11H,3,5,7-10H2,1-2H3,(H,15,16). The summed E-state index contributed by atoms with van der Waals surface area (Å²) < 4.78 is 0. The van der Waals surface area contributed by atoms with Crippen LogP contribution in [0.1, 0.15) is 20.3 Å². The van der Waals surface area contributed by atoms with Gasteiger partial charge in [-0.3, -0.25) is 4.79 Å². The first kappa shape index (κ1) is 13.6. The molecular weight excluding hydrogens is 240 g/mol. The summed E-state index contributed by atoms with van der Waals surface area (Å²) in [5.74, 6) is 1.09. The molecule has 104 valence electrons. The Morgan fingerprint density at radius 3 is 2.74 bits per heavy atom. The summed E-state index contributed by atoms with van der Waals surface area (Å²) in [5, 5.41) is 3.30. The first-order valence-corrected chi connectivity index (χ1v) is 6.91. The molecule has 1 N–H and O–H groups in total. The van der Waals surface area contributed by atoms with Crippen molar-refractivity contribution in [2.45, 2.75) is 20.3 Å². The Morgan fingerprint density at radius 1 is 1.37 bits per heavy atom. The topological polar surface area (TPSA) is 48.5 Å². The molecule has 1 fully saturated rings. The molecule has 0 bridgehead atoms. The lowest BCUT2D eigenvalue weighted by atomic mass is 10.2. The van der Waals surface area contributed by atoms with Crippen LogP contribution in [0.2, 0.25) is 0 Å². The third kappa shape index (κ3) is 3.59. The van der Waals surface area contributed by atoms with E-state index in [2.05, 4.69) is 28.2 Å². The zero-order chi connectivity index (χ0) is 13.7. The van der Waals surface area contributed by atoms with Gasteiger partial charge in [0.1, 0.15) is 5.82 Å². The van der Waals surface area contributed by atoms with Crippen LogP contribution in [0.5, 0.6) is 0 Å². The van der Waals surface area contributed by atoms with E-state index in [1.165, 1.54) is 5.69 Å². The summed E-state index contributed by atoms with van der Waals surface area (Å²) >= 11 is 0. The highest BCUT2D eigenvalue weighted by molar-refractivity contribution is 5.73. The first-order chi connectivity index (χ1) is 9.20. The van der Waals surface area contributed by atoms with Crippen molar-refractivity contribution in [1.29, 1.82) is 0 Å². The molecule has 2 heterocycles. The van der Waals surface area contributed by atoms with Crippen LogP contribution in [-0.2, 0) is 4.79 Å². The van der Waals surface area contributed by atoms with Crippen molar-refractivity contribution in [3.8, 4) is 0 Å². The number of carbonyl (C=O) groups excluding carboxylic acids is 1. The maximum Gasteiger partial charge on any atom is 0.219 e. The van der Waals surface area contributed by atoms with Crippen LogP contribution >= 0.6 is 0 Å². The highest BCUT2D eigenvalue weighted by Gasteiger charge is 2.18. The molecule has 1 aliphatic rings. The van der Waals surface area contributed by atoms with E-state index in [9.17, 15) is 4.79 Å². The zero-order valence-electron chi connectivity index (χ0n) is 11.7. The van der Waals surface area contributed by atoms with Crippen LogP contribution in [0.3, 0.4) is 0 Å².